The Hall–Kier alpha value is -0.990. The smallest absolute Gasteiger partial charge is 0.322 e. The molecule has 0 aromatic rings. The molecule has 0 aromatic carbocycles. The van der Waals surface area contributed by atoms with Crippen molar-refractivity contribution in [2.45, 2.75) is 38.6 Å². The van der Waals surface area contributed by atoms with Crippen LogP contribution in [-0.2, 0) is 0 Å². The molecule has 1 fully saturated rings. The summed E-state index contributed by atoms with van der Waals surface area (Å²) in [4.78, 5) is 13.3. The van der Waals surface area contributed by atoms with E-state index in [4.69, 9.17) is 0 Å². The van der Waals surface area contributed by atoms with E-state index in [1.54, 1.807) is 4.90 Å². The van der Waals surface area contributed by atoms with Crippen molar-refractivity contribution in [1.29, 1.82) is 0 Å². The lowest BCUT2D eigenvalue weighted by atomic mass is 9.94. The van der Waals surface area contributed by atoms with Gasteiger partial charge in [0.2, 0.25) is 0 Å². The molecule has 1 saturated carbocycles. The fourth-order valence-corrected chi connectivity index (χ4v) is 2.21. The molecule has 1 atom stereocenters. The van der Waals surface area contributed by atoms with Crippen LogP contribution in [0.3, 0.4) is 0 Å². The third-order valence-electron chi connectivity index (χ3n) is 3.13. The van der Waals surface area contributed by atoms with Crippen molar-refractivity contribution in [3.8, 4) is 0 Å². The average molecular weight is 180 g/mol. The average Bonchev–Trinajstić information content (AvgIpc) is 2.43. The highest BCUT2D eigenvalue weighted by Gasteiger charge is 2.39. The molecule has 0 saturated heterocycles. The van der Waals surface area contributed by atoms with E-state index in [0.717, 1.165) is 19.4 Å². The molecule has 0 radical (unpaired) electrons. The zero-order chi connectivity index (χ0) is 9.47. The van der Waals surface area contributed by atoms with Crippen molar-refractivity contribution in [3.05, 3.63) is 11.8 Å². The van der Waals surface area contributed by atoms with Crippen LogP contribution in [0.15, 0.2) is 11.8 Å². The number of hydrogen-bond acceptors (Lipinski definition) is 1. The van der Waals surface area contributed by atoms with Gasteiger partial charge in [-0.2, -0.15) is 0 Å². The number of hydrogen-bond donors (Lipinski definition) is 1. The van der Waals surface area contributed by atoms with Crippen molar-refractivity contribution in [3.63, 3.8) is 0 Å². The second kappa shape index (κ2) is 2.76. The molecule has 2 aliphatic rings. The fraction of sp³-hybridized carbons (Fsp3) is 0.700. The quantitative estimate of drug-likeness (QED) is 0.656. The Bertz CT molecular complexity index is 272. The molecule has 1 heterocycles. The van der Waals surface area contributed by atoms with E-state index in [-0.39, 0.29) is 11.6 Å². The summed E-state index contributed by atoms with van der Waals surface area (Å²) in [7, 11) is 0. The molecule has 0 aromatic heterocycles. The van der Waals surface area contributed by atoms with Gasteiger partial charge in [0, 0.05) is 12.7 Å². The first kappa shape index (κ1) is 8.60. The number of urea groups is 1. The van der Waals surface area contributed by atoms with Crippen molar-refractivity contribution in [2.75, 3.05) is 6.54 Å². The first-order chi connectivity index (χ1) is 6.15. The Labute approximate surface area is 78.8 Å². The summed E-state index contributed by atoms with van der Waals surface area (Å²) in [5, 5.41) is 3.07. The second-order valence-electron chi connectivity index (χ2n) is 4.06. The van der Waals surface area contributed by atoms with Crippen molar-refractivity contribution in [1.82, 2.24) is 10.2 Å². The van der Waals surface area contributed by atoms with Gasteiger partial charge in [0.1, 0.15) is 0 Å². The van der Waals surface area contributed by atoms with Crippen LogP contribution in [0.2, 0.25) is 0 Å². The van der Waals surface area contributed by atoms with Gasteiger partial charge < -0.3 is 10.2 Å². The summed E-state index contributed by atoms with van der Waals surface area (Å²) in [6.45, 7) is 4.87. The van der Waals surface area contributed by atoms with Crippen LogP contribution in [-0.4, -0.2) is 23.0 Å². The van der Waals surface area contributed by atoms with E-state index >= 15 is 0 Å². The van der Waals surface area contributed by atoms with Gasteiger partial charge in [-0.1, -0.05) is 0 Å². The number of fused-ring (bicyclic) bond motifs is 1. The summed E-state index contributed by atoms with van der Waals surface area (Å²) in [6, 6.07) is 0.0515. The highest BCUT2D eigenvalue weighted by atomic mass is 16.2. The number of rotatable bonds is 1. The molecule has 1 N–H and O–H groups in total. The number of nitrogens with zero attached hydrogens (tertiary/aromatic N) is 1. The Morgan fingerprint density at radius 1 is 1.69 bits per heavy atom. The molecular weight excluding hydrogens is 164 g/mol. The van der Waals surface area contributed by atoms with Gasteiger partial charge in [-0.3, -0.25) is 0 Å². The molecule has 0 spiro atoms. The van der Waals surface area contributed by atoms with E-state index in [9.17, 15) is 4.79 Å². The van der Waals surface area contributed by atoms with Gasteiger partial charge in [0.25, 0.3) is 0 Å². The zero-order valence-corrected chi connectivity index (χ0v) is 8.26. The lowest BCUT2D eigenvalue weighted by molar-refractivity contribution is 0.201. The third kappa shape index (κ3) is 1.23. The van der Waals surface area contributed by atoms with Crippen LogP contribution in [0.25, 0.3) is 0 Å². The van der Waals surface area contributed by atoms with Crippen LogP contribution in [0.1, 0.15) is 33.1 Å². The maximum Gasteiger partial charge on any atom is 0.322 e. The molecule has 0 bridgehead atoms. The second-order valence-corrected chi connectivity index (χ2v) is 4.06. The molecule has 2 rings (SSSR count). The fourth-order valence-electron chi connectivity index (χ4n) is 2.21. The predicted molar refractivity (Wildman–Crippen MR) is 51.3 cm³/mol. The largest absolute Gasteiger partial charge is 0.329 e. The lowest BCUT2D eigenvalue weighted by Gasteiger charge is -2.35. The molecule has 1 aliphatic heterocycles. The number of carbonyl (C=O) groups is 1. The molecule has 13 heavy (non-hydrogen) atoms. The number of amides is 2. The molecule has 1 aliphatic carbocycles. The Morgan fingerprint density at radius 2 is 2.46 bits per heavy atom. The summed E-state index contributed by atoms with van der Waals surface area (Å²) in [5.41, 5.74) is 1.34. The predicted octanol–water partition coefficient (Wildman–Crippen LogP) is 1.86. The van der Waals surface area contributed by atoms with Gasteiger partial charge in [-0.05, 0) is 38.7 Å². The summed E-state index contributed by atoms with van der Waals surface area (Å²) in [5.74, 6) is 0. The Morgan fingerprint density at radius 3 is 3.15 bits per heavy atom. The van der Waals surface area contributed by atoms with Crippen LogP contribution >= 0.6 is 0 Å². The van der Waals surface area contributed by atoms with Gasteiger partial charge >= 0.3 is 6.03 Å². The van der Waals surface area contributed by atoms with Gasteiger partial charge in [0.05, 0.1) is 5.54 Å². The van der Waals surface area contributed by atoms with E-state index in [1.165, 1.54) is 12.0 Å². The monoisotopic (exact) mass is 180 g/mol. The van der Waals surface area contributed by atoms with E-state index in [0.29, 0.717) is 0 Å². The van der Waals surface area contributed by atoms with Gasteiger partial charge in [0.15, 0.2) is 0 Å². The minimum atomic E-state index is -0.0389. The maximum absolute atomic E-state index is 11.5. The highest BCUT2D eigenvalue weighted by molar-refractivity contribution is 5.78. The summed E-state index contributed by atoms with van der Waals surface area (Å²) < 4.78 is 0. The molecule has 2 amide bonds. The Kier molecular flexibility index (Phi) is 1.82. The zero-order valence-electron chi connectivity index (χ0n) is 8.26. The van der Waals surface area contributed by atoms with Crippen LogP contribution in [0.4, 0.5) is 4.79 Å². The van der Waals surface area contributed by atoms with Crippen LogP contribution in [0, 0.1) is 0 Å². The molecular formula is C10H16N2O. The Balaban J connectivity index is 2.31. The minimum Gasteiger partial charge on any atom is -0.329 e. The lowest BCUT2D eigenvalue weighted by Crippen LogP contribution is -2.53. The SMILES string of the molecule is CCN1C=C2CCC[C@@]2(C)NC1=O. The third-order valence-corrected chi connectivity index (χ3v) is 3.13. The number of nitrogens with one attached hydrogen (secondary N) is 1. The molecule has 3 heteroatoms. The topological polar surface area (TPSA) is 32.3 Å². The van der Waals surface area contributed by atoms with Gasteiger partial charge in [-0.25, -0.2) is 4.79 Å². The van der Waals surface area contributed by atoms with Crippen LogP contribution < -0.4 is 5.32 Å². The highest BCUT2D eigenvalue weighted by Crippen LogP contribution is 2.37. The normalized spacial score (nSPS) is 32.6. The van der Waals surface area contributed by atoms with Crippen molar-refractivity contribution in [2.24, 2.45) is 0 Å². The molecule has 3 nitrogen and oxygen atoms in total. The summed E-state index contributed by atoms with van der Waals surface area (Å²) in [6.07, 6.45) is 5.45. The molecule has 72 valence electrons. The molecule has 0 unspecified atom stereocenters. The summed E-state index contributed by atoms with van der Waals surface area (Å²) >= 11 is 0. The van der Waals surface area contributed by atoms with Crippen molar-refractivity contribution < 1.29 is 4.79 Å². The van der Waals surface area contributed by atoms with E-state index < -0.39 is 0 Å². The standard InChI is InChI=1S/C10H16N2O/c1-3-12-7-8-5-4-6-10(8,2)11-9(12)13/h7H,3-6H2,1-2H3,(H,11,13)/t10-/m1/s1. The minimum absolute atomic E-state index is 0.0389. The number of carbonyl (C=O) groups excluding carboxylic acids is 1. The van der Waals surface area contributed by atoms with Crippen molar-refractivity contribution >= 4 is 6.03 Å². The maximum atomic E-state index is 11.5. The van der Waals surface area contributed by atoms with Crippen LogP contribution in [0.5, 0.6) is 0 Å². The van der Waals surface area contributed by atoms with Gasteiger partial charge in [-0.15, -0.1) is 0 Å². The van der Waals surface area contributed by atoms with E-state index in [2.05, 4.69) is 12.2 Å². The van der Waals surface area contributed by atoms with E-state index in [1.807, 2.05) is 13.1 Å². The first-order valence-electron chi connectivity index (χ1n) is 4.96. The first-order valence-corrected chi connectivity index (χ1v) is 4.96.